The Labute approximate surface area is 57.9 Å². The zero-order chi connectivity index (χ0) is 7.14. The fourth-order valence-electron chi connectivity index (χ4n) is 0.955. The highest BCUT2D eigenvalue weighted by molar-refractivity contribution is 5.58. The number of hydrogen-bond acceptors (Lipinski definition) is 6. The molecule has 0 aromatic heterocycles. The molecule has 2 rings (SSSR count). The maximum atomic E-state index is 5.47. The summed E-state index contributed by atoms with van der Waals surface area (Å²) in [4.78, 5) is 3.97. The molecule has 0 atom stereocenters. The molecular formula is C4H8N6. The second-order valence-corrected chi connectivity index (χ2v) is 2.17. The Hall–Kier alpha value is -1.27. The molecule has 0 aliphatic carbocycles. The Kier molecular flexibility index (Phi) is 0.889. The van der Waals surface area contributed by atoms with Gasteiger partial charge in [0.05, 0.1) is 6.20 Å². The van der Waals surface area contributed by atoms with Crippen molar-refractivity contribution in [3.8, 4) is 0 Å². The van der Waals surface area contributed by atoms with Gasteiger partial charge in [-0.05, 0) is 0 Å². The fourth-order valence-corrected chi connectivity index (χ4v) is 0.955. The molecule has 0 amide bonds. The summed E-state index contributed by atoms with van der Waals surface area (Å²) in [5.41, 5.74) is 0. The van der Waals surface area contributed by atoms with Crippen LogP contribution in [0, 0.1) is 0 Å². The van der Waals surface area contributed by atoms with Gasteiger partial charge in [-0.1, -0.05) is 0 Å². The highest BCUT2D eigenvalue weighted by Gasteiger charge is 2.25. The van der Waals surface area contributed by atoms with Gasteiger partial charge < -0.3 is 0 Å². The molecule has 0 spiro atoms. The van der Waals surface area contributed by atoms with Gasteiger partial charge in [-0.15, -0.1) is 0 Å². The molecule has 2 heterocycles. The number of hydrazine groups is 3. The molecule has 6 nitrogen and oxygen atoms in total. The van der Waals surface area contributed by atoms with E-state index in [-0.39, 0.29) is 0 Å². The molecule has 4 N–H and O–H groups in total. The lowest BCUT2D eigenvalue weighted by Gasteiger charge is -2.21. The van der Waals surface area contributed by atoms with Crippen LogP contribution in [0.15, 0.2) is 17.0 Å². The molecule has 0 radical (unpaired) electrons. The summed E-state index contributed by atoms with van der Waals surface area (Å²) >= 11 is 0. The summed E-state index contributed by atoms with van der Waals surface area (Å²) in [7, 11) is 0. The standard InChI is InChI=1S/C4H8N6/c5-8-1-4-7-2-10(6)9(4)3-8/h1-2H,3,5-6H2. The van der Waals surface area contributed by atoms with Crippen molar-refractivity contribution >= 4 is 6.34 Å². The second-order valence-electron chi connectivity index (χ2n) is 2.17. The van der Waals surface area contributed by atoms with E-state index in [9.17, 15) is 0 Å². The normalized spacial score (nSPS) is 22.2. The third-order valence-corrected chi connectivity index (χ3v) is 1.43. The highest BCUT2D eigenvalue weighted by atomic mass is 15.8. The van der Waals surface area contributed by atoms with E-state index in [1.807, 2.05) is 0 Å². The van der Waals surface area contributed by atoms with Crippen LogP contribution in [0.5, 0.6) is 0 Å². The van der Waals surface area contributed by atoms with Crippen LogP contribution in [0.1, 0.15) is 0 Å². The molecule has 0 saturated heterocycles. The van der Waals surface area contributed by atoms with Gasteiger partial charge in [0, 0.05) is 0 Å². The van der Waals surface area contributed by atoms with Crippen molar-refractivity contribution in [2.45, 2.75) is 0 Å². The van der Waals surface area contributed by atoms with E-state index in [4.69, 9.17) is 11.7 Å². The van der Waals surface area contributed by atoms with Crippen molar-refractivity contribution < 1.29 is 0 Å². The molecular weight excluding hydrogens is 132 g/mol. The first-order valence-electron chi connectivity index (χ1n) is 2.86. The van der Waals surface area contributed by atoms with Crippen molar-refractivity contribution in [3.05, 3.63) is 12.0 Å². The molecule has 0 bridgehead atoms. The first-order valence-corrected chi connectivity index (χ1v) is 2.86. The maximum Gasteiger partial charge on any atom is 0.169 e. The van der Waals surface area contributed by atoms with E-state index in [0.29, 0.717) is 6.67 Å². The third-order valence-electron chi connectivity index (χ3n) is 1.43. The average molecular weight is 140 g/mol. The van der Waals surface area contributed by atoms with Crippen LogP contribution in [0.2, 0.25) is 0 Å². The van der Waals surface area contributed by atoms with Crippen molar-refractivity contribution in [1.29, 1.82) is 0 Å². The summed E-state index contributed by atoms with van der Waals surface area (Å²) in [6.07, 6.45) is 3.27. The summed E-state index contributed by atoms with van der Waals surface area (Å²) in [5.74, 6) is 11.7. The smallest absolute Gasteiger partial charge is 0.169 e. The van der Waals surface area contributed by atoms with E-state index in [2.05, 4.69) is 4.99 Å². The minimum atomic E-state index is 0.561. The number of fused-ring (bicyclic) bond motifs is 1. The molecule has 0 saturated carbocycles. The molecule has 10 heavy (non-hydrogen) atoms. The summed E-state index contributed by atoms with van der Waals surface area (Å²) in [5, 5.41) is 4.67. The van der Waals surface area contributed by atoms with Crippen molar-refractivity contribution in [2.24, 2.45) is 16.7 Å². The molecule has 0 aromatic carbocycles. The number of aliphatic imine (C=N–C) groups is 1. The van der Waals surface area contributed by atoms with Gasteiger partial charge in [-0.3, -0.25) is 5.01 Å². The molecule has 0 aromatic rings. The van der Waals surface area contributed by atoms with E-state index in [1.165, 1.54) is 10.1 Å². The molecule has 6 heteroatoms. The quantitative estimate of drug-likeness (QED) is 0.395. The van der Waals surface area contributed by atoms with E-state index in [0.717, 1.165) is 5.82 Å². The Morgan fingerprint density at radius 2 is 2.30 bits per heavy atom. The molecule has 0 unspecified atom stereocenters. The van der Waals surface area contributed by atoms with Gasteiger partial charge in [0.2, 0.25) is 0 Å². The lowest BCUT2D eigenvalue weighted by molar-refractivity contribution is 0.0822. The van der Waals surface area contributed by atoms with Crippen LogP contribution >= 0.6 is 0 Å². The first-order chi connectivity index (χ1) is 4.77. The lowest BCUT2D eigenvalue weighted by atomic mass is 10.8. The fraction of sp³-hybridized carbons (Fsp3) is 0.250. The predicted molar refractivity (Wildman–Crippen MR) is 35.3 cm³/mol. The zero-order valence-corrected chi connectivity index (χ0v) is 5.31. The highest BCUT2D eigenvalue weighted by Crippen LogP contribution is 2.17. The van der Waals surface area contributed by atoms with Crippen LogP contribution in [0.25, 0.3) is 0 Å². The van der Waals surface area contributed by atoms with Crippen molar-refractivity contribution in [1.82, 2.24) is 15.1 Å². The van der Waals surface area contributed by atoms with Gasteiger partial charge in [0.1, 0.15) is 13.0 Å². The van der Waals surface area contributed by atoms with Crippen molar-refractivity contribution in [2.75, 3.05) is 6.67 Å². The molecule has 54 valence electrons. The largest absolute Gasteiger partial charge is 0.293 e. The summed E-state index contributed by atoms with van der Waals surface area (Å²) in [6.45, 7) is 0.561. The minimum absolute atomic E-state index is 0.561. The van der Waals surface area contributed by atoms with E-state index < -0.39 is 0 Å². The van der Waals surface area contributed by atoms with Gasteiger partial charge >= 0.3 is 0 Å². The Morgan fingerprint density at radius 1 is 1.50 bits per heavy atom. The SMILES string of the molecule is NN1C=C2N=CN(N)N2C1. The topological polar surface area (TPSA) is 74.1 Å². The van der Waals surface area contributed by atoms with Crippen LogP contribution in [0.4, 0.5) is 0 Å². The molecule has 2 aliphatic rings. The Morgan fingerprint density at radius 3 is 3.00 bits per heavy atom. The zero-order valence-electron chi connectivity index (χ0n) is 5.31. The number of nitrogens with two attached hydrogens (primary N) is 2. The number of nitrogens with zero attached hydrogens (tertiary/aromatic N) is 4. The van der Waals surface area contributed by atoms with Gasteiger partial charge in [0.25, 0.3) is 0 Å². The van der Waals surface area contributed by atoms with Crippen LogP contribution in [0.3, 0.4) is 0 Å². The van der Waals surface area contributed by atoms with Crippen molar-refractivity contribution in [3.63, 3.8) is 0 Å². The predicted octanol–water partition coefficient (Wildman–Crippen LogP) is -1.63. The second kappa shape index (κ2) is 1.61. The monoisotopic (exact) mass is 140 g/mol. The third kappa shape index (κ3) is 0.568. The summed E-state index contributed by atoms with van der Waals surface area (Å²) in [6, 6.07) is 0. The van der Waals surface area contributed by atoms with Gasteiger partial charge in [0.15, 0.2) is 5.82 Å². The first kappa shape index (κ1) is 5.51. The average Bonchev–Trinajstić information content (AvgIpc) is 2.35. The Bertz CT molecular complexity index is 208. The summed E-state index contributed by atoms with van der Waals surface area (Å²) < 4.78 is 0. The van der Waals surface area contributed by atoms with Gasteiger partial charge in [-0.25, -0.2) is 26.8 Å². The minimum Gasteiger partial charge on any atom is -0.293 e. The van der Waals surface area contributed by atoms with Crippen LogP contribution in [-0.2, 0) is 0 Å². The lowest BCUT2D eigenvalue weighted by Crippen LogP contribution is -2.44. The number of rotatable bonds is 0. The van der Waals surface area contributed by atoms with Crippen LogP contribution in [-0.4, -0.2) is 28.1 Å². The Balaban J connectivity index is 2.26. The van der Waals surface area contributed by atoms with Crippen LogP contribution < -0.4 is 11.7 Å². The van der Waals surface area contributed by atoms with E-state index in [1.54, 1.807) is 17.5 Å². The van der Waals surface area contributed by atoms with Gasteiger partial charge in [-0.2, -0.15) is 0 Å². The molecule has 2 aliphatic heterocycles. The van der Waals surface area contributed by atoms with E-state index >= 15 is 0 Å². The number of hydrogen-bond donors (Lipinski definition) is 2. The maximum absolute atomic E-state index is 5.47. The molecule has 0 fully saturated rings.